The van der Waals surface area contributed by atoms with E-state index >= 15 is 0 Å². The van der Waals surface area contributed by atoms with E-state index in [1.54, 1.807) is 0 Å². The molecule has 2 amide bonds. The van der Waals surface area contributed by atoms with Crippen molar-refractivity contribution in [3.05, 3.63) is 5.89 Å². The summed E-state index contributed by atoms with van der Waals surface area (Å²) in [5.74, 6) is 0.580. The highest BCUT2D eigenvalue weighted by atomic mass is 32.2. The predicted molar refractivity (Wildman–Crippen MR) is 57.5 cm³/mol. The largest absolute Gasteiger partial charge is 0.453 e. The Morgan fingerprint density at radius 1 is 1.53 bits per heavy atom. The number of rotatable bonds is 4. The Balaban J connectivity index is 1.76. The van der Waals surface area contributed by atoms with Crippen molar-refractivity contribution < 1.29 is 18.7 Å². The minimum atomic E-state index is -0.778. The molecule has 0 saturated heterocycles. The molecule has 1 saturated carbocycles. The third-order valence-electron chi connectivity index (χ3n) is 2.10. The Bertz CT molecular complexity index is 430. The van der Waals surface area contributed by atoms with Gasteiger partial charge in [0.2, 0.25) is 11.8 Å². The topological polar surface area (TPSA) is 94.3 Å². The molecule has 1 heterocycles. The number of aromatic nitrogens is 2. The number of amides is 2. The average Bonchev–Trinajstić information content (AvgIpc) is 3.06. The summed E-state index contributed by atoms with van der Waals surface area (Å²) in [6.45, 7) is 0. The van der Waals surface area contributed by atoms with Gasteiger partial charge in [0.05, 0.1) is 12.9 Å². The number of carbonyl (C=O) groups excluding carboxylic acids is 2. The first-order chi connectivity index (χ1) is 8.19. The van der Waals surface area contributed by atoms with Crippen LogP contribution in [0.2, 0.25) is 0 Å². The van der Waals surface area contributed by atoms with Crippen LogP contribution in [-0.4, -0.2) is 35.1 Å². The van der Waals surface area contributed by atoms with Crippen LogP contribution in [0, 0.1) is 0 Å². The normalized spacial score (nSPS) is 14.4. The summed E-state index contributed by atoms with van der Waals surface area (Å²) in [7, 11) is 1.19. The zero-order chi connectivity index (χ0) is 12.3. The molecule has 2 rings (SSSR count). The van der Waals surface area contributed by atoms with Crippen LogP contribution in [0.25, 0.3) is 0 Å². The van der Waals surface area contributed by atoms with Crippen molar-refractivity contribution in [2.24, 2.45) is 0 Å². The molecule has 0 aliphatic heterocycles. The molecule has 0 aromatic carbocycles. The lowest BCUT2D eigenvalue weighted by atomic mass is 10.4. The van der Waals surface area contributed by atoms with Gasteiger partial charge < -0.3 is 9.15 Å². The van der Waals surface area contributed by atoms with Gasteiger partial charge in [-0.3, -0.25) is 10.1 Å². The Labute approximate surface area is 101 Å². The number of hydrogen-bond donors (Lipinski definition) is 1. The molecule has 0 unspecified atom stereocenters. The molecule has 1 aliphatic rings. The van der Waals surface area contributed by atoms with Gasteiger partial charge >= 0.3 is 6.09 Å². The first-order valence-corrected chi connectivity index (χ1v) is 6.01. The minimum absolute atomic E-state index is 0.0292. The van der Waals surface area contributed by atoms with Gasteiger partial charge in [0.25, 0.3) is 5.22 Å². The van der Waals surface area contributed by atoms with Crippen molar-refractivity contribution in [2.45, 2.75) is 24.0 Å². The average molecular weight is 257 g/mol. The Hall–Kier alpha value is -1.57. The van der Waals surface area contributed by atoms with E-state index in [2.05, 4.69) is 14.9 Å². The first kappa shape index (κ1) is 11.9. The molecule has 1 fully saturated rings. The summed E-state index contributed by atoms with van der Waals surface area (Å²) in [6.07, 6.45) is 1.38. The summed E-state index contributed by atoms with van der Waals surface area (Å²) in [6, 6.07) is 0. The van der Waals surface area contributed by atoms with Gasteiger partial charge in [0.1, 0.15) is 0 Å². The fourth-order valence-electron chi connectivity index (χ4n) is 1.10. The van der Waals surface area contributed by atoms with E-state index in [-0.39, 0.29) is 5.75 Å². The molecule has 8 heteroatoms. The van der Waals surface area contributed by atoms with Crippen LogP contribution < -0.4 is 5.32 Å². The molecule has 1 aliphatic carbocycles. The van der Waals surface area contributed by atoms with Crippen LogP contribution in [0.15, 0.2) is 9.64 Å². The number of thioether (sulfide) groups is 1. The maximum atomic E-state index is 11.2. The van der Waals surface area contributed by atoms with Crippen molar-refractivity contribution in [2.75, 3.05) is 12.9 Å². The van der Waals surface area contributed by atoms with Crippen molar-refractivity contribution in [3.8, 4) is 0 Å². The molecule has 17 heavy (non-hydrogen) atoms. The van der Waals surface area contributed by atoms with E-state index in [1.807, 2.05) is 5.32 Å². The quantitative estimate of drug-likeness (QED) is 0.801. The second-order valence-corrected chi connectivity index (χ2v) is 4.44. The molecule has 1 aromatic heterocycles. The monoisotopic (exact) mass is 257 g/mol. The smallest absolute Gasteiger partial charge is 0.413 e. The standard InChI is InChI=1S/C9H11N3O4S/c1-15-8(14)10-6(13)4-17-9-12-11-7(16-9)5-2-3-5/h5H,2-4H2,1H3,(H,10,13,14). The summed E-state index contributed by atoms with van der Waals surface area (Å²) in [4.78, 5) is 21.9. The number of ether oxygens (including phenoxy) is 1. The molecule has 1 N–H and O–H groups in total. The van der Waals surface area contributed by atoms with E-state index in [4.69, 9.17) is 4.42 Å². The maximum Gasteiger partial charge on any atom is 0.413 e. The van der Waals surface area contributed by atoms with Gasteiger partial charge in [0, 0.05) is 5.92 Å². The van der Waals surface area contributed by atoms with Crippen molar-refractivity contribution in [1.29, 1.82) is 0 Å². The minimum Gasteiger partial charge on any atom is -0.453 e. The molecular formula is C9H11N3O4S. The van der Waals surface area contributed by atoms with Crippen LogP contribution in [0.3, 0.4) is 0 Å². The molecular weight excluding hydrogens is 246 g/mol. The zero-order valence-electron chi connectivity index (χ0n) is 9.13. The fourth-order valence-corrected chi connectivity index (χ4v) is 1.67. The third-order valence-corrected chi connectivity index (χ3v) is 2.92. The number of hydrogen-bond acceptors (Lipinski definition) is 7. The molecule has 0 spiro atoms. The molecule has 7 nitrogen and oxygen atoms in total. The third kappa shape index (κ3) is 3.45. The van der Waals surface area contributed by atoms with E-state index in [0.717, 1.165) is 24.6 Å². The molecule has 92 valence electrons. The van der Waals surface area contributed by atoms with E-state index in [1.165, 1.54) is 7.11 Å². The van der Waals surface area contributed by atoms with Crippen molar-refractivity contribution >= 4 is 23.8 Å². The maximum absolute atomic E-state index is 11.2. The first-order valence-electron chi connectivity index (χ1n) is 5.03. The highest BCUT2D eigenvalue weighted by Crippen LogP contribution is 2.39. The van der Waals surface area contributed by atoms with Gasteiger partial charge in [-0.1, -0.05) is 11.8 Å². The molecule has 0 radical (unpaired) electrons. The fraction of sp³-hybridized carbons (Fsp3) is 0.556. The number of imide groups is 1. The summed E-state index contributed by atoms with van der Waals surface area (Å²) >= 11 is 1.09. The van der Waals surface area contributed by atoms with Crippen molar-refractivity contribution in [3.63, 3.8) is 0 Å². The zero-order valence-corrected chi connectivity index (χ0v) is 9.95. The van der Waals surface area contributed by atoms with Gasteiger partial charge in [-0.25, -0.2) is 4.79 Å². The number of nitrogens with one attached hydrogen (secondary N) is 1. The van der Waals surface area contributed by atoms with Crippen LogP contribution in [0.5, 0.6) is 0 Å². The Kier molecular flexibility index (Phi) is 3.62. The molecule has 1 aromatic rings. The van der Waals surface area contributed by atoms with Gasteiger partial charge in [-0.15, -0.1) is 10.2 Å². The second-order valence-electron chi connectivity index (χ2n) is 3.51. The highest BCUT2D eigenvalue weighted by molar-refractivity contribution is 7.99. The van der Waals surface area contributed by atoms with Crippen LogP contribution in [0.1, 0.15) is 24.7 Å². The van der Waals surface area contributed by atoms with Crippen LogP contribution in [-0.2, 0) is 9.53 Å². The summed E-state index contributed by atoms with van der Waals surface area (Å²) in [5.41, 5.74) is 0. The Morgan fingerprint density at radius 2 is 2.29 bits per heavy atom. The lowest BCUT2D eigenvalue weighted by Crippen LogP contribution is -2.31. The van der Waals surface area contributed by atoms with Crippen LogP contribution >= 0.6 is 11.8 Å². The number of alkyl carbamates (subject to hydrolysis) is 1. The Morgan fingerprint density at radius 3 is 2.94 bits per heavy atom. The SMILES string of the molecule is COC(=O)NC(=O)CSc1nnc(C2CC2)o1. The van der Waals surface area contributed by atoms with Crippen molar-refractivity contribution in [1.82, 2.24) is 15.5 Å². The number of carbonyl (C=O) groups is 2. The number of methoxy groups -OCH3 is 1. The van der Waals surface area contributed by atoms with Gasteiger partial charge in [0.15, 0.2) is 0 Å². The van der Waals surface area contributed by atoms with Crippen LogP contribution in [0.4, 0.5) is 4.79 Å². The van der Waals surface area contributed by atoms with E-state index in [0.29, 0.717) is 17.0 Å². The summed E-state index contributed by atoms with van der Waals surface area (Å²) < 4.78 is 9.62. The van der Waals surface area contributed by atoms with Gasteiger partial charge in [-0.05, 0) is 12.8 Å². The summed E-state index contributed by atoms with van der Waals surface area (Å²) in [5, 5.41) is 10.0. The molecule has 0 atom stereocenters. The number of nitrogens with zero attached hydrogens (tertiary/aromatic N) is 2. The molecule has 0 bridgehead atoms. The van der Waals surface area contributed by atoms with E-state index in [9.17, 15) is 9.59 Å². The lowest BCUT2D eigenvalue weighted by molar-refractivity contribution is -0.117. The highest BCUT2D eigenvalue weighted by Gasteiger charge is 2.29. The van der Waals surface area contributed by atoms with Gasteiger partial charge in [-0.2, -0.15) is 0 Å². The van der Waals surface area contributed by atoms with E-state index < -0.39 is 12.0 Å². The second kappa shape index (κ2) is 5.17. The predicted octanol–water partition coefficient (Wildman–Crippen LogP) is 0.922. The lowest BCUT2D eigenvalue weighted by Gasteiger charge is -1.99.